The lowest BCUT2D eigenvalue weighted by molar-refractivity contribution is 0.0388. The number of nitrogens with zero attached hydrogens (tertiary/aromatic N) is 1. The van der Waals surface area contributed by atoms with E-state index in [9.17, 15) is 0 Å². The molecule has 0 saturated carbocycles. The van der Waals surface area contributed by atoms with Gasteiger partial charge in [-0.05, 0) is 43.3 Å². The summed E-state index contributed by atoms with van der Waals surface area (Å²) < 4.78 is 6.37. The van der Waals surface area contributed by atoms with Crippen LogP contribution in [-0.2, 0) is 4.74 Å². The van der Waals surface area contributed by atoms with Gasteiger partial charge in [0.25, 0.3) is 0 Å². The quantitative estimate of drug-likeness (QED) is 0.656. The summed E-state index contributed by atoms with van der Waals surface area (Å²) in [4.78, 5) is 2.25. The Hall–Kier alpha value is -2.20. The molecule has 1 heterocycles. The van der Waals surface area contributed by atoms with Gasteiger partial charge >= 0.3 is 0 Å². The molecule has 0 bridgehead atoms. The van der Waals surface area contributed by atoms with Crippen LogP contribution in [0.1, 0.15) is 6.92 Å². The van der Waals surface area contributed by atoms with Crippen LogP contribution in [0.5, 0.6) is 0 Å². The van der Waals surface area contributed by atoms with E-state index in [-0.39, 0.29) is 0 Å². The molecule has 3 nitrogen and oxygen atoms in total. The van der Waals surface area contributed by atoms with Gasteiger partial charge in [-0.1, -0.05) is 59.6 Å². The van der Waals surface area contributed by atoms with Crippen molar-refractivity contribution in [3.8, 4) is 0 Å². The molecule has 1 unspecified atom stereocenters. The Labute approximate surface area is 175 Å². The van der Waals surface area contributed by atoms with Crippen LogP contribution < -0.4 is 10.2 Å². The number of rotatable bonds is 6. The Kier molecular flexibility index (Phi) is 5.49. The van der Waals surface area contributed by atoms with Crippen LogP contribution in [0.4, 0.5) is 11.4 Å². The van der Waals surface area contributed by atoms with Gasteiger partial charge < -0.3 is 15.0 Å². The second-order valence-electron chi connectivity index (χ2n) is 6.97. The molecular weight excluding hydrogens is 391 g/mol. The van der Waals surface area contributed by atoms with Crippen LogP contribution in [0, 0.1) is 0 Å². The van der Waals surface area contributed by atoms with Crippen molar-refractivity contribution in [2.24, 2.45) is 0 Å². The third-order valence-electron chi connectivity index (χ3n) is 5.08. The molecule has 0 radical (unpaired) electrons. The molecule has 2 aromatic rings. The van der Waals surface area contributed by atoms with Crippen molar-refractivity contribution in [2.45, 2.75) is 12.5 Å². The fourth-order valence-corrected chi connectivity index (χ4v) is 4.26. The molecule has 2 aliphatic rings. The Morgan fingerprint density at radius 3 is 2.21 bits per heavy atom. The Balaban J connectivity index is 1.53. The zero-order valence-electron chi connectivity index (χ0n) is 15.7. The SMILES string of the molecule is CC1(OCCN(c2ccccc2)c2ccccc2)C=CC(Cl)=C2NCC(Cl)=C21. The third kappa shape index (κ3) is 3.70. The van der Waals surface area contributed by atoms with Gasteiger partial charge in [-0.15, -0.1) is 0 Å². The minimum absolute atomic E-state index is 0.531. The Bertz CT molecular complexity index is 898. The van der Waals surface area contributed by atoms with Crippen molar-refractivity contribution >= 4 is 34.6 Å². The number of benzene rings is 2. The molecule has 0 spiro atoms. The zero-order valence-corrected chi connectivity index (χ0v) is 17.2. The maximum Gasteiger partial charge on any atom is 0.112 e. The third-order valence-corrected chi connectivity index (χ3v) is 5.71. The van der Waals surface area contributed by atoms with E-state index in [2.05, 4.69) is 34.5 Å². The standard InChI is InChI=1S/C23H22Cl2N2O/c1-23(13-12-19(24)22-21(23)20(25)16-26-22)28-15-14-27(17-8-4-2-5-9-17)18-10-6-3-7-11-18/h2-13,26H,14-16H2,1H3. The fraction of sp³-hybridized carbons (Fsp3) is 0.217. The van der Waals surface area contributed by atoms with Crippen molar-refractivity contribution in [2.75, 3.05) is 24.6 Å². The number of nitrogens with one attached hydrogen (secondary N) is 1. The molecule has 5 heteroatoms. The van der Waals surface area contributed by atoms with Crippen molar-refractivity contribution in [1.82, 2.24) is 5.32 Å². The summed E-state index contributed by atoms with van der Waals surface area (Å²) in [5.41, 5.74) is 3.47. The minimum Gasteiger partial charge on any atom is -0.378 e. The smallest absolute Gasteiger partial charge is 0.112 e. The van der Waals surface area contributed by atoms with Crippen molar-refractivity contribution in [1.29, 1.82) is 0 Å². The van der Waals surface area contributed by atoms with Crippen LogP contribution in [0.25, 0.3) is 0 Å². The molecule has 144 valence electrons. The van der Waals surface area contributed by atoms with Crippen molar-refractivity contribution in [3.63, 3.8) is 0 Å². The molecule has 0 aromatic heterocycles. The van der Waals surface area contributed by atoms with Gasteiger partial charge in [0, 0.05) is 28.5 Å². The highest BCUT2D eigenvalue weighted by atomic mass is 35.5. The first-order valence-electron chi connectivity index (χ1n) is 9.32. The lowest BCUT2D eigenvalue weighted by Gasteiger charge is -2.33. The Morgan fingerprint density at radius 1 is 1.00 bits per heavy atom. The highest BCUT2D eigenvalue weighted by molar-refractivity contribution is 6.34. The number of ether oxygens (including phenoxy) is 1. The number of allylic oxidation sites excluding steroid dienone is 2. The first kappa shape index (κ1) is 19.1. The number of hydrogen-bond acceptors (Lipinski definition) is 3. The summed E-state index contributed by atoms with van der Waals surface area (Å²) in [6.07, 6.45) is 3.87. The van der Waals surface area contributed by atoms with Crippen LogP contribution in [0.3, 0.4) is 0 Å². The highest BCUT2D eigenvalue weighted by Gasteiger charge is 2.38. The molecule has 0 amide bonds. The number of para-hydroxylation sites is 2. The first-order chi connectivity index (χ1) is 13.6. The van der Waals surface area contributed by atoms with Gasteiger partial charge in [-0.3, -0.25) is 0 Å². The second kappa shape index (κ2) is 8.04. The molecule has 0 fully saturated rings. The van der Waals surface area contributed by atoms with Gasteiger partial charge in [0.05, 0.1) is 23.9 Å². The van der Waals surface area contributed by atoms with Crippen LogP contribution in [0.15, 0.2) is 94.2 Å². The van der Waals surface area contributed by atoms with E-state index in [4.69, 9.17) is 27.9 Å². The molecule has 2 aromatic carbocycles. The second-order valence-corrected chi connectivity index (χ2v) is 7.83. The van der Waals surface area contributed by atoms with Crippen molar-refractivity contribution < 1.29 is 4.74 Å². The molecule has 1 atom stereocenters. The number of hydrogen-bond donors (Lipinski definition) is 1. The van der Waals surface area contributed by atoms with Gasteiger partial charge in [-0.2, -0.15) is 0 Å². The topological polar surface area (TPSA) is 24.5 Å². The van der Waals surface area contributed by atoms with E-state index in [0.29, 0.717) is 24.7 Å². The van der Waals surface area contributed by atoms with Crippen LogP contribution >= 0.6 is 23.2 Å². The minimum atomic E-state index is -0.604. The van der Waals surface area contributed by atoms with Gasteiger partial charge in [0.1, 0.15) is 5.60 Å². The van der Waals surface area contributed by atoms with E-state index in [1.54, 1.807) is 0 Å². The summed E-state index contributed by atoms with van der Waals surface area (Å²) in [5, 5.41) is 4.69. The molecule has 1 aliphatic heterocycles. The molecule has 1 aliphatic carbocycles. The van der Waals surface area contributed by atoms with Gasteiger partial charge in [0.15, 0.2) is 0 Å². The summed E-state index contributed by atoms with van der Waals surface area (Å²) >= 11 is 12.8. The van der Waals surface area contributed by atoms with Crippen LogP contribution in [0.2, 0.25) is 0 Å². The number of anilines is 2. The zero-order chi connectivity index (χ0) is 19.6. The number of fused-ring (bicyclic) bond motifs is 1. The summed E-state index contributed by atoms with van der Waals surface area (Å²) in [6.45, 7) is 3.86. The first-order valence-corrected chi connectivity index (χ1v) is 10.1. The normalized spacial score (nSPS) is 21.0. The highest BCUT2D eigenvalue weighted by Crippen LogP contribution is 2.41. The van der Waals surface area contributed by atoms with E-state index >= 15 is 0 Å². The average molecular weight is 413 g/mol. The molecular formula is C23H22Cl2N2O. The van der Waals surface area contributed by atoms with Gasteiger partial charge in [0.2, 0.25) is 0 Å². The summed E-state index contributed by atoms with van der Waals surface area (Å²) in [6, 6.07) is 20.7. The largest absolute Gasteiger partial charge is 0.378 e. The summed E-state index contributed by atoms with van der Waals surface area (Å²) in [7, 11) is 0. The number of halogens is 2. The van der Waals surface area contributed by atoms with Gasteiger partial charge in [-0.25, -0.2) is 0 Å². The predicted octanol–water partition coefficient (Wildman–Crippen LogP) is 5.72. The maximum atomic E-state index is 6.47. The Morgan fingerprint density at radius 2 is 1.61 bits per heavy atom. The molecule has 0 saturated heterocycles. The summed E-state index contributed by atoms with van der Waals surface area (Å²) in [5.74, 6) is 0. The van der Waals surface area contributed by atoms with E-state index < -0.39 is 5.60 Å². The van der Waals surface area contributed by atoms with E-state index in [1.165, 1.54) is 0 Å². The lowest BCUT2D eigenvalue weighted by Crippen LogP contribution is -2.35. The monoisotopic (exact) mass is 412 g/mol. The molecule has 1 N–H and O–H groups in total. The van der Waals surface area contributed by atoms with E-state index in [0.717, 1.165) is 27.7 Å². The molecule has 28 heavy (non-hydrogen) atoms. The van der Waals surface area contributed by atoms with E-state index in [1.807, 2.05) is 55.5 Å². The predicted molar refractivity (Wildman–Crippen MR) is 117 cm³/mol. The molecule has 4 rings (SSSR count). The maximum absolute atomic E-state index is 6.47. The van der Waals surface area contributed by atoms with Crippen molar-refractivity contribution in [3.05, 3.63) is 94.2 Å². The average Bonchev–Trinajstić information content (AvgIpc) is 3.13. The van der Waals surface area contributed by atoms with Crippen LogP contribution in [-0.4, -0.2) is 25.3 Å². The fourth-order valence-electron chi connectivity index (χ4n) is 3.69. The lowest BCUT2D eigenvalue weighted by atomic mass is 9.89.